The van der Waals surface area contributed by atoms with E-state index in [0.29, 0.717) is 0 Å². The number of fused-ring (bicyclic) bond motifs is 1. The smallest absolute Gasteiger partial charge is 0.374 e. The number of hydrogen-bond acceptors (Lipinski definition) is 4. The van der Waals surface area contributed by atoms with Crippen molar-refractivity contribution < 1.29 is 8.85 Å². The van der Waals surface area contributed by atoms with Gasteiger partial charge in [-0.3, -0.25) is 9.13 Å². The monoisotopic (exact) mass is 298 g/mol. The minimum Gasteiger partial charge on any atom is -0.374 e. The van der Waals surface area contributed by atoms with Crippen LogP contribution in [0, 0.1) is 11.8 Å². The van der Waals surface area contributed by atoms with Crippen molar-refractivity contribution in [2.45, 2.75) is 44.9 Å². The molecule has 2 aliphatic heterocycles. The molecule has 0 amide bonds. The summed E-state index contributed by atoms with van der Waals surface area (Å²) in [5.41, 5.74) is 0. The fourth-order valence-electron chi connectivity index (χ4n) is 4.66. The quantitative estimate of drug-likeness (QED) is 0.744. The SMILES string of the molecule is CO[Si](OC)(N1CCCC1)N1CCC2CCCCC2C1. The molecule has 1 aliphatic carbocycles. The lowest BCUT2D eigenvalue weighted by atomic mass is 9.76. The summed E-state index contributed by atoms with van der Waals surface area (Å²) in [7, 11) is 1.41. The van der Waals surface area contributed by atoms with E-state index in [2.05, 4.69) is 9.13 Å². The topological polar surface area (TPSA) is 24.9 Å². The van der Waals surface area contributed by atoms with Crippen LogP contribution in [0.15, 0.2) is 0 Å². The molecule has 0 spiro atoms. The summed E-state index contributed by atoms with van der Waals surface area (Å²) >= 11 is 0. The first kappa shape index (κ1) is 15.0. The van der Waals surface area contributed by atoms with Crippen LogP contribution >= 0.6 is 0 Å². The van der Waals surface area contributed by atoms with Crippen molar-refractivity contribution in [1.82, 2.24) is 9.13 Å². The number of nitrogens with zero attached hydrogens (tertiary/aromatic N) is 2. The van der Waals surface area contributed by atoms with Crippen LogP contribution in [0.1, 0.15) is 44.9 Å². The van der Waals surface area contributed by atoms with E-state index in [1.807, 2.05) is 14.2 Å². The molecule has 0 aromatic carbocycles. The van der Waals surface area contributed by atoms with Crippen molar-refractivity contribution in [3.8, 4) is 0 Å². The third-order valence-electron chi connectivity index (χ3n) is 5.73. The zero-order valence-electron chi connectivity index (χ0n) is 13.1. The first-order valence-electron chi connectivity index (χ1n) is 8.40. The van der Waals surface area contributed by atoms with Gasteiger partial charge >= 0.3 is 8.88 Å². The number of piperidine rings is 1. The Morgan fingerprint density at radius 1 is 0.750 bits per heavy atom. The second kappa shape index (κ2) is 6.44. The van der Waals surface area contributed by atoms with E-state index in [0.717, 1.165) is 24.9 Å². The highest BCUT2D eigenvalue weighted by atomic mass is 28.4. The van der Waals surface area contributed by atoms with E-state index in [1.165, 1.54) is 58.0 Å². The molecule has 0 aromatic heterocycles. The summed E-state index contributed by atoms with van der Waals surface area (Å²) in [4.78, 5) is 0. The molecule has 2 unspecified atom stereocenters. The maximum atomic E-state index is 6.06. The Kier molecular flexibility index (Phi) is 4.82. The minimum absolute atomic E-state index is 0.886. The van der Waals surface area contributed by atoms with Gasteiger partial charge in [-0.1, -0.05) is 19.3 Å². The van der Waals surface area contributed by atoms with E-state index in [-0.39, 0.29) is 0 Å². The number of rotatable bonds is 4. The molecule has 2 atom stereocenters. The lowest BCUT2D eigenvalue weighted by Gasteiger charge is -2.49. The van der Waals surface area contributed by atoms with Crippen LogP contribution in [0.2, 0.25) is 0 Å². The van der Waals surface area contributed by atoms with Gasteiger partial charge in [0.25, 0.3) is 0 Å². The zero-order valence-corrected chi connectivity index (χ0v) is 14.1. The second-order valence-corrected chi connectivity index (χ2v) is 9.87. The van der Waals surface area contributed by atoms with Gasteiger partial charge in [0.05, 0.1) is 0 Å². The average molecular weight is 299 g/mol. The molecule has 0 N–H and O–H groups in total. The Balaban J connectivity index is 1.74. The predicted molar refractivity (Wildman–Crippen MR) is 82.2 cm³/mol. The van der Waals surface area contributed by atoms with Crippen LogP contribution in [0.4, 0.5) is 0 Å². The zero-order chi connectivity index (χ0) is 14.0. The molecule has 3 rings (SSSR count). The van der Waals surface area contributed by atoms with Crippen molar-refractivity contribution >= 4 is 8.88 Å². The van der Waals surface area contributed by atoms with Crippen molar-refractivity contribution in [1.29, 1.82) is 0 Å². The first-order chi connectivity index (χ1) is 9.80. The highest BCUT2D eigenvalue weighted by molar-refractivity contribution is 6.61. The third kappa shape index (κ3) is 2.59. The molecule has 2 saturated heterocycles. The molecule has 0 aromatic rings. The van der Waals surface area contributed by atoms with Crippen molar-refractivity contribution in [3.05, 3.63) is 0 Å². The van der Waals surface area contributed by atoms with Gasteiger partial charge in [0.15, 0.2) is 0 Å². The highest BCUT2D eigenvalue weighted by Gasteiger charge is 2.53. The Bertz CT molecular complexity index is 319. The van der Waals surface area contributed by atoms with E-state index in [1.54, 1.807) is 0 Å². The van der Waals surface area contributed by atoms with E-state index < -0.39 is 8.88 Å². The fourth-order valence-corrected chi connectivity index (χ4v) is 8.01. The molecule has 3 fully saturated rings. The Morgan fingerprint density at radius 3 is 2.05 bits per heavy atom. The molecule has 4 nitrogen and oxygen atoms in total. The average Bonchev–Trinajstić information content (AvgIpc) is 3.04. The van der Waals surface area contributed by atoms with E-state index >= 15 is 0 Å². The van der Waals surface area contributed by atoms with E-state index in [4.69, 9.17) is 8.85 Å². The van der Waals surface area contributed by atoms with Crippen LogP contribution < -0.4 is 0 Å². The Morgan fingerprint density at radius 2 is 1.40 bits per heavy atom. The first-order valence-corrected chi connectivity index (χ1v) is 10.1. The maximum absolute atomic E-state index is 6.06. The summed E-state index contributed by atoms with van der Waals surface area (Å²) in [6.45, 7) is 4.68. The minimum atomic E-state index is -2.32. The van der Waals surface area contributed by atoms with Crippen LogP contribution in [0.5, 0.6) is 0 Å². The molecule has 2 heterocycles. The summed E-state index contributed by atoms with van der Waals surface area (Å²) in [5, 5.41) is 0. The maximum Gasteiger partial charge on any atom is 0.521 e. The van der Waals surface area contributed by atoms with Gasteiger partial charge in [-0.15, -0.1) is 0 Å². The molecular weight excluding hydrogens is 268 g/mol. The van der Waals surface area contributed by atoms with Gasteiger partial charge in [-0.2, -0.15) is 0 Å². The molecule has 5 heteroatoms. The summed E-state index contributed by atoms with van der Waals surface area (Å²) < 4.78 is 17.2. The summed E-state index contributed by atoms with van der Waals surface area (Å²) in [6.07, 6.45) is 9.68. The standard InChI is InChI=1S/C15H30N2O2Si/c1-18-20(19-2,16-10-5-6-11-16)17-12-9-14-7-3-4-8-15(14)13-17/h14-15H,3-13H2,1-2H3. The largest absolute Gasteiger partial charge is 0.521 e. The van der Waals surface area contributed by atoms with Gasteiger partial charge in [0.1, 0.15) is 0 Å². The summed E-state index contributed by atoms with van der Waals surface area (Å²) in [6, 6.07) is 0. The molecule has 116 valence electrons. The van der Waals surface area contributed by atoms with Gasteiger partial charge in [-0.25, -0.2) is 0 Å². The van der Waals surface area contributed by atoms with Gasteiger partial charge in [0, 0.05) is 14.2 Å². The predicted octanol–water partition coefficient (Wildman–Crippen LogP) is 2.32. The van der Waals surface area contributed by atoms with Crippen LogP contribution in [-0.4, -0.2) is 58.4 Å². The molecular formula is C15H30N2O2Si. The van der Waals surface area contributed by atoms with Crippen LogP contribution in [0.25, 0.3) is 0 Å². The Hall–Kier alpha value is 0.0569. The lowest BCUT2D eigenvalue weighted by Crippen LogP contribution is -2.70. The van der Waals surface area contributed by atoms with Crippen molar-refractivity contribution in [3.63, 3.8) is 0 Å². The van der Waals surface area contributed by atoms with Crippen LogP contribution in [-0.2, 0) is 8.85 Å². The molecule has 1 saturated carbocycles. The van der Waals surface area contributed by atoms with Crippen molar-refractivity contribution in [2.24, 2.45) is 11.8 Å². The molecule has 20 heavy (non-hydrogen) atoms. The fraction of sp³-hybridized carbons (Fsp3) is 1.00. The van der Waals surface area contributed by atoms with Crippen molar-refractivity contribution in [2.75, 3.05) is 40.4 Å². The highest BCUT2D eigenvalue weighted by Crippen LogP contribution is 2.38. The van der Waals surface area contributed by atoms with Crippen LogP contribution in [0.3, 0.4) is 0 Å². The van der Waals surface area contributed by atoms with Gasteiger partial charge < -0.3 is 8.85 Å². The Labute approximate surface area is 124 Å². The second-order valence-electron chi connectivity index (χ2n) is 6.69. The summed E-state index contributed by atoms with van der Waals surface area (Å²) in [5.74, 6) is 1.86. The third-order valence-corrected chi connectivity index (χ3v) is 9.24. The van der Waals surface area contributed by atoms with Gasteiger partial charge in [-0.05, 0) is 63.7 Å². The number of hydrogen-bond donors (Lipinski definition) is 0. The normalized spacial score (nSPS) is 33.3. The van der Waals surface area contributed by atoms with E-state index in [9.17, 15) is 0 Å². The molecule has 0 radical (unpaired) electrons. The molecule has 3 aliphatic rings. The molecule has 0 bridgehead atoms. The lowest BCUT2D eigenvalue weighted by molar-refractivity contribution is 0.0503. The van der Waals surface area contributed by atoms with Gasteiger partial charge in [0.2, 0.25) is 0 Å².